The van der Waals surface area contributed by atoms with E-state index in [9.17, 15) is 22.4 Å². The van der Waals surface area contributed by atoms with Crippen LogP contribution < -0.4 is 5.73 Å². The molecule has 0 fully saturated rings. The van der Waals surface area contributed by atoms with Crippen LogP contribution in [-0.4, -0.2) is 12.6 Å². The van der Waals surface area contributed by atoms with Gasteiger partial charge in [0.15, 0.2) is 0 Å². The van der Waals surface area contributed by atoms with Crippen molar-refractivity contribution < 1.29 is 27.1 Å². The molecule has 0 bridgehead atoms. The molecule has 1 atom stereocenters. The van der Waals surface area contributed by atoms with E-state index in [1.54, 1.807) is 6.92 Å². The summed E-state index contributed by atoms with van der Waals surface area (Å²) in [5.74, 6) is -1.86. The summed E-state index contributed by atoms with van der Waals surface area (Å²) >= 11 is 0. The van der Waals surface area contributed by atoms with Gasteiger partial charge in [-0.2, -0.15) is 13.2 Å². The smallest absolute Gasteiger partial charge is 0.416 e. The molecule has 0 aliphatic heterocycles. The summed E-state index contributed by atoms with van der Waals surface area (Å²) in [6, 6.07) is 1.13. The monoisotopic (exact) mass is 279 g/mol. The highest BCUT2D eigenvalue weighted by molar-refractivity contribution is 5.70. The van der Waals surface area contributed by atoms with E-state index in [4.69, 9.17) is 5.73 Å². The van der Waals surface area contributed by atoms with Gasteiger partial charge in [-0.3, -0.25) is 4.79 Å². The zero-order valence-corrected chi connectivity index (χ0v) is 10.1. The van der Waals surface area contributed by atoms with Crippen LogP contribution in [0, 0.1) is 5.82 Å². The molecule has 3 nitrogen and oxygen atoms in total. The highest BCUT2D eigenvalue weighted by Gasteiger charge is 2.36. The average molecular weight is 279 g/mol. The van der Waals surface area contributed by atoms with Crippen molar-refractivity contribution in [3.63, 3.8) is 0 Å². The second-order valence-electron chi connectivity index (χ2n) is 3.81. The Bertz CT molecular complexity index is 460. The number of ether oxygens (including phenoxy) is 1. The summed E-state index contributed by atoms with van der Waals surface area (Å²) in [5.41, 5.74) is 3.59. The molecular formula is C12H13F4NO2. The molecule has 2 N–H and O–H groups in total. The fourth-order valence-corrected chi connectivity index (χ4v) is 1.66. The fourth-order valence-electron chi connectivity index (χ4n) is 1.66. The number of halogens is 4. The molecule has 0 unspecified atom stereocenters. The van der Waals surface area contributed by atoms with Crippen LogP contribution in [0.15, 0.2) is 18.2 Å². The van der Waals surface area contributed by atoms with E-state index in [2.05, 4.69) is 4.74 Å². The first-order chi connectivity index (χ1) is 8.77. The van der Waals surface area contributed by atoms with Crippen molar-refractivity contribution in [3.8, 4) is 0 Å². The first-order valence-electron chi connectivity index (χ1n) is 5.54. The number of rotatable bonds is 4. The zero-order valence-electron chi connectivity index (χ0n) is 10.1. The maximum absolute atomic E-state index is 13.5. The fraction of sp³-hybridized carbons (Fsp3) is 0.417. The van der Waals surface area contributed by atoms with Gasteiger partial charge < -0.3 is 10.5 Å². The lowest BCUT2D eigenvalue weighted by Crippen LogP contribution is -2.22. The predicted molar refractivity (Wildman–Crippen MR) is 59.6 cm³/mol. The normalized spacial score (nSPS) is 13.2. The van der Waals surface area contributed by atoms with Gasteiger partial charge in [0.25, 0.3) is 0 Å². The maximum atomic E-state index is 13.5. The SMILES string of the molecule is CCOC(=O)C[C@@H](N)c1c(F)cccc1C(F)(F)F. The molecular weight excluding hydrogens is 266 g/mol. The van der Waals surface area contributed by atoms with E-state index in [0.717, 1.165) is 18.2 Å². The zero-order chi connectivity index (χ0) is 14.6. The Labute approximate surface area is 107 Å². The quantitative estimate of drug-likeness (QED) is 0.681. The molecule has 0 amide bonds. The summed E-state index contributed by atoms with van der Waals surface area (Å²) in [7, 11) is 0. The van der Waals surface area contributed by atoms with Gasteiger partial charge in [-0.15, -0.1) is 0 Å². The van der Waals surface area contributed by atoms with Gasteiger partial charge >= 0.3 is 12.1 Å². The highest BCUT2D eigenvalue weighted by atomic mass is 19.4. The van der Waals surface area contributed by atoms with Crippen LogP contribution in [0.5, 0.6) is 0 Å². The van der Waals surface area contributed by atoms with E-state index in [-0.39, 0.29) is 6.61 Å². The Kier molecular flexibility index (Phi) is 4.88. The molecule has 19 heavy (non-hydrogen) atoms. The van der Waals surface area contributed by atoms with Gasteiger partial charge in [0, 0.05) is 11.6 Å². The van der Waals surface area contributed by atoms with Crippen molar-refractivity contribution >= 4 is 5.97 Å². The van der Waals surface area contributed by atoms with Crippen LogP contribution in [0.2, 0.25) is 0 Å². The van der Waals surface area contributed by atoms with Crippen molar-refractivity contribution in [2.75, 3.05) is 6.61 Å². The first kappa shape index (κ1) is 15.4. The van der Waals surface area contributed by atoms with Crippen LogP contribution in [0.4, 0.5) is 17.6 Å². The number of nitrogens with two attached hydrogens (primary N) is 1. The summed E-state index contributed by atoms with van der Waals surface area (Å²) in [6.45, 7) is 1.63. The Hall–Kier alpha value is -1.63. The minimum atomic E-state index is -4.73. The van der Waals surface area contributed by atoms with Gasteiger partial charge in [0.05, 0.1) is 18.6 Å². The molecule has 0 spiro atoms. The van der Waals surface area contributed by atoms with E-state index in [1.165, 1.54) is 0 Å². The predicted octanol–water partition coefficient (Wildman–Crippen LogP) is 2.80. The number of carbonyl (C=O) groups excluding carboxylic acids is 1. The highest BCUT2D eigenvalue weighted by Crippen LogP contribution is 2.36. The van der Waals surface area contributed by atoms with Crippen LogP contribution in [0.3, 0.4) is 0 Å². The van der Waals surface area contributed by atoms with Gasteiger partial charge in [0.1, 0.15) is 5.82 Å². The number of hydrogen-bond donors (Lipinski definition) is 1. The van der Waals surface area contributed by atoms with E-state index in [1.807, 2.05) is 0 Å². The molecule has 0 radical (unpaired) electrons. The Balaban J connectivity index is 3.08. The molecule has 106 valence electrons. The van der Waals surface area contributed by atoms with Crippen LogP contribution in [0.1, 0.15) is 30.5 Å². The summed E-state index contributed by atoms with van der Waals surface area (Å²) in [6.07, 6.45) is -5.25. The van der Waals surface area contributed by atoms with Crippen molar-refractivity contribution in [2.45, 2.75) is 25.6 Å². The second-order valence-corrected chi connectivity index (χ2v) is 3.81. The molecule has 0 aromatic heterocycles. The molecule has 0 saturated carbocycles. The lowest BCUT2D eigenvalue weighted by molar-refractivity contribution is -0.144. The number of benzene rings is 1. The lowest BCUT2D eigenvalue weighted by Gasteiger charge is -2.18. The third-order valence-electron chi connectivity index (χ3n) is 2.42. The van der Waals surface area contributed by atoms with Crippen molar-refractivity contribution in [1.29, 1.82) is 0 Å². The molecule has 1 rings (SSSR count). The van der Waals surface area contributed by atoms with Gasteiger partial charge in [-0.25, -0.2) is 4.39 Å². The first-order valence-corrected chi connectivity index (χ1v) is 5.54. The van der Waals surface area contributed by atoms with Crippen molar-refractivity contribution in [2.24, 2.45) is 5.73 Å². The Morgan fingerprint density at radius 1 is 1.42 bits per heavy atom. The van der Waals surface area contributed by atoms with E-state index in [0.29, 0.717) is 0 Å². The Morgan fingerprint density at radius 2 is 2.05 bits per heavy atom. The third kappa shape index (κ3) is 3.92. The number of hydrogen-bond acceptors (Lipinski definition) is 3. The van der Waals surface area contributed by atoms with Crippen molar-refractivity contribution in [1.82, 2.24) is 0 Å². The maximum Gasteiger partial charge on any atom is 0.416 e. The van der Waals surface area contributed by atoms with E-state index < -0.39 is 41.6 Å². The standard InChI is InChI=1S/C12H13F4NO2/c1-2-19-10(18)6-9(17)11-7(12(14,15)16)4-3-5-8(11)13/h3-5,9H,2,6,17H2,1H3/t9-/m1/s1. The molecule has 1 aromatic carbocycles. The van der Waals surface area contributed by atoms with Crippen LogP contribution >= 0.6 is 0 Å². The molecule has 0 aliphatic carbocycles. The minimum absolute atomic E-state index is 0.0783. The number of carbonyl (C=O) groups is 1. The molecule has 1 aromatic rings. The summed E-state index contributed by atoms with van der Waals surface area (Å²) < 4.78 is 56.3. The third-order valence-corrected chi connectivity index (χ3v) is 2.42. The Morgan fingerprint density at radius 3 is 2.58 bits per heavy atom. The molecule has 0 saturated heterocycles. The topological polar surface area (TPSA) is 52.3 Å². The lowest BCUT2D eigenvalue weighted by atomic mass is 9.97. The average Bonchev–Trinajstić information content (AvgIpc) is 2.27. The number of esters is 1. The number of alkyl halides is 3. The minimum Gasteiger partial charge on any atom is -0.466 e. The summed E-state index contributed by atoms with van der Waals surface area (Å²) in [4.78, 5) is 11.2. The van der Waals surface area contributed by atoms with Crippen LogP contribution in [0.25, 0.3) is 0 Å². The van der Waals surface area contributed by atoms with Gasteiger partial charge in [-0.05, 0) is 19.1 Å². The van der Waals surface area contributed by atoms with Gasteiger partial charge in [-0.1, -0.05) is 6.07 Å². The molecule has 0 heterocycles. The largest absolute Gasteiger partial charge is 0.466 e. The molecule has 7 heteroatoms. The second kappa shape index (κ2) is 6.01. The molecule has 0 aliphatic rings. The van der Waals surface area contributed by atoms with Crippen molar-refractivity contribution in [3.05, 3.63) is 35.1 Å². The van der Waals surface area contributed by atoms with Gasteiger partial charge in [0.2, 0.25) is 0 Å². The van der Waals surface area contributed by atoms with E-state index >= 15 is 0 Å². The van der Waals surface area contributed by atoms with Crippen LogP contribution in [-0.2, 0) is 15.7 Å². The summed E-state index contributed by atoms with van der Waals surface area (Å²) in [5, 5.41) is 0.